The van der Waals surface area contributed by atoms with Crippen molar-refractivity contribution in [1.29, 1.82) is 0 Å². The van der Waals surface area contributed by atoms with Crippen molar-refractivity contribution in [2.24, 2.45) is 4.99 Å². The molecular formula is C13H22IN3OS. The highest BCUT2D eigenvalue weighted by Gasteiger charge is 2.14. The molecule has 1 atom stereocenters. The van der Waals surface area contributed by atoms with Crippen LogP contribution < -0.4 is 10.6 Å². The number of nitrogens with zero attached hydrogens (tertiary/aromatic N) is 1. The number of thiophene rings is 1. The van der Waals surface area contributed by atoms with Crippen LogP contribution >= 0.6 is 35.3 Å². The molecule has 1 aromatic heterocycles. The zero-order valence-electron chi connectivity index (χ0n) is 11.2. The number of hydrogen-bond acceptors (Lipinski definition) is 3. The lowest BCUT2D eigenvalue weighted by molar-refractivity contribution is 0.105. The van der Waals surface area contributed by atoms with Crippen LogP contribution in [-0.2, 0) is 11.3 Å². The van der Waals surface area contributed by atoms with Gasteiger partial charge in [-0.15, -0.1) is 24.0 Å². The third kappa shape index (κ3) is 6.09. The first-order valence-corrected chi connectivity index (χ1v) is 7.40. The molecule has 6 heteroatoms. The number of halogens is 1. The Hall–Kier alpha value is -0.340. The minimum atomic E-state index is 0. The van der Waals surface area contributed by atoms with Crippen LogP contribution in [0.25, 0.3) is 0 Å². The lowest BCUT2D eigenvalue weighted by Crippen LogP contribution is -2.38. The summed E-state index contributed by atoms with van der Waals surface area (Å²) >= 11 is 1.72. The van der Waals surface area contributed by atoms with Crippen molar-refractivity contribution in [1.82, 2.24) is 10.6 Å². The molecule has 1 saturated heterocycles. The Morgan fingerprint density at radius 2 is 2.42 bits per heavy atom. The molecule has 108 valence electrons. The summed E-state index contributed by atoms with van der Waals surface area (Å²) in [5.74, 6) is 0.860. The van der Waals surface area contributed by atoms with Gasteiger partial charge in [-0.1, -0.05) is 0 Å². The normalized spacial score (nSPS) is 19.0. The Morgan fingerprint density at radius 3 is 3.05 bits per heavy atom. The zero-order chi connectivity index (χ0) is 12.6. The molecule has 1 aromatic rings. The third-order valence-electron chi connectivity index (χ3n) is 3.05. The molecule has 0 aromatic carbocycles. The molecule has 2 N–H and O–H groups in total. The molecular weight excluding hydrogens is 373 g/mol. The molecule has 0 saturated carbocycles. The number of nitrogens with one attached hydrogen (secondary N) is 2. The van der Waals surface area contributed by atoms with Crippen LogP contribution in [0.2, 0.25) is 0 Å². The highest BCUT2D eigenvalue weighted by Crippen LogP contribution is 2.14. The predicted molar refractivity (Wildman–Crippen MR) is 91.5 cm³/mol. The van der Waals surface area contributed by atoms with Crippen molar-refractivity contribution in [2.75, 3.05) is 20.2 Å². The number of rotatable bonds is 5. The number of aliphatic imine (C=N–C) groups is 1. The van der Waals surface area contributed by atoms with Crippen LogP contribution in [0.3, 0.4) is 0 Å². The van der Waals surface area contributed by atoms with E-state index in [0.29, 0.717) is 6.10 Å². The molecule has 1 unspecified atom stereocenters. The van der Waals surface area contributed by atoms with E-state index in [1.807, 2.05) is 0 Å². The fourth-order valence-electron chi connectivity index (χ4n) is 2.02. The van der Waals surface area contributed by atoms with Gasteiger partial charge < -0.3 is 15.4 Å². The topological polar surface area (TPSA) is 45.7 Å². The number of ether oxygens (including phenoxy) is 1. The molecule has 1 fully saturated rings. The molecule has 2 rings (SSSR count). The summed E-state index contributed by atoms with van der Waals surface area (Å²) in [4.78, 5) is 4.21. The maximum absolute atomic E-state index is 5.59. The Bertz CT molecular complexity index is 364. The molecule has 0 bridgehead atoms. The van der Waals surface area contributed by atoms with E-state index in [9.17, 15) is 0 Å². The second-order valence-corrected chi connectivity index (χ2v) is 5.19. The largest absolute Gasteiger partial charge is 0.378 e. The van der Waals surface area contributed by atoms with E-state index in [2.05, 4.69) is 32.5 Å². The highest BCUT2D eigenvalue weighted by molar-refractivity contribution is 14.0. The predicted octanol–water partition coefficient (Wildman–Crippen LogP) is 2.60. The minimum absolute atomic E-state index is 0. The molecule has 0 spiro atoms. The summed E-state index contributed by atoms with van der Waals surface area (Å²) in [5, 5.41) is 10.9. The van der Waals surface area contributed by atoms with E-state index >= 15 is 0 Å². The minimum Gasteiger partial charge on any atom is -0.378 e. The van der Waals surface area contributed by atoms with Gasteiger partial charge in [-0.05, 0) is 41.7 Å². The van der Waals surface area contributed by atoms with Gasteiger partial charge in [0.2, 0.25) is 0 Å². The van der Waals surface area contributed by atoms with Gasteiger partial charge in [0.15, 0.2) is 5.96 Å². The summed E-state index contributed by atoms with van der Waals surface area (Å²) in [6.07, 6.45) is 3.89. The molecule has 19 heavy (non-hydrogen) atoms. The first kappa shape index (κ1) is 16.7. The van der Waals surface area contributed by atoms with E-state index in [0.717, 1.165) is 32.1 Å². The quantitative estimate of drug-likeness (QED) is 0.458. The van der Waals surface area contributed by atoms with Crippen LogP contribution in [0.4, 0.5) is 0 Å². The summed E-state index contributed by atoms with van der Waals surface area (Å²) in [7, 11) is 1.80. The van der Waals surface area contributed by atoms with Gasteiger partial charge in [-0.2, -0.15) is 11.3 Å². The maximum atomic E-state index is 5.59. The molecule has 0 aliphatic carbocycles. The fraction of sp³-hybridized carbons (Fsp3) is 0.615. The van der Waals surface area contributed by atoms with E-state index in [1.54, 1.807) is 18.4 Å². The maximum Gasteiger partial charge on any atom is 0.191 e. The fourth-order valence-corrected chi connectivity index (χ4v) is 2.69. The highest BCUT2D eigenvalue weighted by atomic mass is 127. The molecule has 0 amide bonds. The van der Waals surface area contributed by atoms with Gasteiger partial charge in [0, 0.05) is 26.7 Å². The van der Waals surface area contributed by atoms with Crippen molar-refractivity contribution >= 4 is 41.3 Å². The second-order valence-electron chi connectivity index (χ2n) is 4.41. The summed E-state index contributed by atoms with van der Waals surface area (Å²) in [6, 6.07) is 2.12. The molecule has 0 radical (unpaired) electrons. The standard InChI is InChI=1S/C13H21N3OS.HI/c1-14-13(16-9-11-5-8-18-10-11)15-6-4-12-3-2-7-17-12;/h5,8,10,12H,2-4,6-7,9H2,1H3,(H2,14,15,16);1H. The summed E-state index contributed by atoms with van der Waals surface area (Å²) < 4.78 is 5.59. The molecule has 1 aliphatic rings. The van der Waals surface area contributed by atoms with Crippen LogP contribution in [0, 0.1) is 0 Å². The van der Waals surface area contributed by atoms with Gasteiger partial charge in [-0.25, -0.2) is 0 Å². The molecule has 4 nitrogen and oxygen atoms in total. The Labute approximate surface area is 136 Å². The smallest absolute Gasteiger partial charge is 0.191 e. The van der Waals surface area contributed by atoms with Crippen molar-refractivity contribution in [3.8, 4) is 0 Å². The van der Waals surface area contributed by atoms with Crippen LogP contribution in [-0.4, -0.2) is 32.3 Å². The Kier molecular flexibility index (Phi) is 8.40. The molecule has 1 aliphatic heterocycles. The van der Waals surface area contributed by atoms with Crippen molar-refractivity contribution in [2.45, 2.75) is 31.9 Å². The van der Waals surface area contributed by atoms with Gasteiger partial charge in [0.25, 0.3) is 0 Å². The lowest BCUT2D eigenvalue weighted by atomic mass is 10.2. The lowest BCUT2D eigenvalue weighted by Gasteiger charge is -2.13. The second kappa shape index (κ2) is 9.55. The first-order valence-electron chi connectivity index (χ1n) is 6.45. The summed E-state index contributed by atoms with van der Waals surface area (Å²) in [6.45, 7) is 2.66. The summed E-state index contributed by atoms with van der Waals surface area (Å²) in [5.41, 5.74) is 1.29. The van der Waals surface area contributed by atoms with E-state index in [4.69, 9.17) is 4.74 Å². The first-order chi connectivity index (χ1) is 8.88. The van der Waals surface area contributed by atoms with Crippen LogP contribution in [0.1, 0.15) is 24.8 Å². The SMILES string of the molecule is CN=C(NCCC1CCCO1)NCc1ccsc1.I. The monoisotopic (exact) mass is 395 g/mol. The van der Waals surface area contributed by atoms with Gasteiger partial charge in [-0.3, -0.25) is 4.99 Å². The molecule has 2 heterocycles. The Balaban J connectivity index is 0.00000180. The van der Waals surface area contributed by atoms with E-state index < -0.39 is 0 Å². The van der Waals surface area contributed by atoms with Crippen LogP contribution in [0.5, 0.6) is 0 Å². The Morgan fingerprint density at radius 1 is 1.53 bits per heavy atom. The number of guanidine groups is 1. The van der Waals surface area contributed by atoms with E-state index in [1.165, 1.54) is 18.4 Å². The van der Waals surface area contributed by atoms with E-state index in [-0.39, 0.29) is 24.0 Å². The average Bonchev–Trinajstić information content (AvgIpc) is 3.06. The van der Waals surface area contributed by atoms with Crippen LogP contribution in [0.15, 0.2) is 21.8 Å². The van der Waals surface area contributed by atoms with Gasteiger partial charge in [0.1, 0.15) is 0 Å². The van der Waals surface area contributed by atoms with Gasteiger partial charge >= 0.3 is 0 Å². The number of hydrogen-bond donors (Lipinski definition) is 2. The zero-order valence-corrected chi connectivity index (χ0v) is 14.4. The average molecular weight is 395 g/mol. The van der Waals surface area contributed by atoms with Gasteiger partial charge in [0.05, 0.1) is 6.10 Å². The van der Waals surface area contributed by atoms with Crippen molar-refractivity contribution < 1.29 is 4.74 Å². The van der Waals surface area contributed by atoms with Crippen molar-refractivity contribution in [3.63, 3.8) is 0 Å². The van der Waals surface area contributed by atoms with Crippen molar-refractivity contribution in [3.05, 3.63) is 22.4 Å². The third-order valence-corrected chi connectivity index (χ3v) is 3.78.